The van der Waals surface area contributed by atoms with Gasteiger partial charge in [0.25, 0.3) is 0 Å². The number of benzene rings is 1. The lowest BCUT2D eigenvalue weighted by atomic mass is 9.74. The van der Waals surface area contributed by atoms with Crippen LogP contribution in [0.4, 0.5) is 4.79 Å². The van der Waals surface area contributed by atoms with Crippen LogP contribution in [0.15, 0.2) is 24.3 Å². The van der Waals surface area contributed by atoms with Crippen molar-refractivity contribution in [2.75, 3.05) is 53.1 Å². The fourth-order valence-electron chi connectivity index (χ4n) is 6.38. The van der Waals surface area contributed by atoms with Crippen LogP contribution in [0.25, 0.3) is 0 Å². The molecule has 222 valence electrons. The fourth-order valence-corrected chi connectivity index (χ4v) is 6.57. The third-order valence-corrected chi connectivity index (χ3v) is 8.79. The molecular formula is C31H52ClN3O4. The lowest BCUT2D eigenvalue weighted by Gasteiger charge is -2.43. The largest absolute Gasteiger partial charge is 0.385 e. The van der Waals surface area contributed by atoms with E-state index < -0.39 is 5.60 Å². The number of likely N-dealkylation sites (tertiary alicyclic amines) is 1. The van der Waals surface area contributed by atoms with Crippen LogP contribution >= 0.6 is 11.6 Å². The van der Waals surface area contributed by atoms with Crippen LogP contribution < -0.4 is 10.6 Å². The minimum atomic E-state index is -1.04. The summed E-state index contributed by atoms with van der Waals surface area (Å²) in [6.07, 6.45) is 11.5. The van der Waals surface area contributed by atoms with E-state index in [4.69, 9.17) is 21.1 Å². The second-order valence-corrected chi connectivity index (χ2v) is 11.9. The molecule has 0 aromatic heterocycles. The van der Waals surface area contributed by atoms with Gasteiger partial charge in [0.05, 0.1) is 12.2 Å². The van der Waals surface area contributed by atoms with E-state index in [0.29, 0.717) is 50.3 Å². The molecule has 2 amide bonds. The number of urea groups is 1. The topological polar surface area (TPSA) is 83.1 Å². The van der Waals surface area contributed by atoms with Crippen molar-refractivity contribution >= 4 is 17.6 Å². The van der Waals surface area contributed by atoms with Crippen LogP contribution in [-0.4, -0.2) is 75.2 Å². The van der Waals surface area contributed by atoms with Gasteiger partial charge in [-0.1, -0.05) is 55.8 Å². The van der Waals surface area contributed by atoms with Crippen molar-refractivity contribution < 1.29 is 19.4 Å². The van der Waals surface area contributed by atoms with Gasteiger partial charge in [0.1, 0.15) is 0 Å². The highest BCUT2D eigenvalue weighted by atomic mass is 35.5. The molecule has 0 spiro atoms. The van der Waals surface area contributed by atoms with E-state index in [9.17, 15) is 9.90 Å². The first-order valence-electron chi connectivity index (χ1n) is 15.3. The maximum absolute atomic E-state index is 13.6. The normalized spacial score (nSPS) is 20.9. The number of nitrogens with one attached hydrogen (secondary N) is 2. The molecular weight excluding hydrogens is 514 g/mol. The molecule has 1 saturated heterocycles. The molecule has 7 nitrogen and oxygen atoms in total. The first-order valence-corrected chi connectivity index (χ1v) is 15.6. The molecule has 1 heterocycles. The van der Waals surface area contributed by atoms with Crippen LogP contribution in [0, 0.1) is 11.8 Å². The van der Waals surface area contributed by atoms with Crippen molar-refractivity contribution in [3.63, 3.8) is 0 Å². The molecule has 2 fully saturated rings. The molecule has 0 radical (unpaired) electrons. The smallest absolute Gasteiger partial charge is 0.317 e. The first kappa shape index (κ1) is 32.1. The number of carbonyl (C=O) groups excluding carboxylic acids is 1. The van der Waals surface area contributed by atoms with Gasteiger partial charge in [-0.3, -0.25) is 0 Å². The van der Waals surface area contributed by atoms with E-state index in [-0.39, 0.29) is 18.0 Å². The number of unbranched alkanes of at least 4 members (excludes halogenated alkanes) is 1. The van der Waals surface area contributed by atoms with E-state index >= 15 is 0 Å². The van der Waals surface area contributed by atoms with Crippen LogP contribution in [-0.2, 0) is 15.1 Å². The number of halogens is 1. The average Bonchev–Trinajstić information content (AvgIpc) is 2.95. The van der Waals surface area contributed by atoms with Gasteiger partial charge >= 0.3 is 6.03 Å². The standard InChI is InChI=1S/C31H52ClN3O4/c1-3-39-20-17-33-23-29(21-25-11-5-4-6-12-25)34-30(36)35-18-10-14-27(24-35)31(37,16-7-8-19-38-2)26-13-9-15-28(32)22-26/h9,13,15,22,25,27,29,33,37H,3-8,10-12,14,16-21,23-24H2,1-2H3,(H,34,36)/t27-,29+,31-/m1/s1. The number of methoxy groups -OCH3 is 1. The number of rotatable bonds is 16. The van der Waals surface area contributed by atoms with Crippen molar-refractivity contribution in [3.05, 3.63) is 34.9 Å². The summed E-state index contributed by atoms with van der Waals surface area (Å²) in [7, 11) is 1.71. The molecule has 8 heteroatoms. The number of ether oxygens (including phenoxy) is 2. The Morgan fingerprint density at radius 3 is 2.74 bits per heavy atom. The maximum Gasteiger partial charge on any atom is 0.317 e. The second kappa shape index (κ2) is 17.4. The molecule has 39 heavy (non-hydrogen) atoms. The lowest BCUT2D eigenvalue weighted by Crippen LogP contribution is -2.54. The molecule has 1 aromatic rings. The monoisotopic (exact) mass is 565 g/mol. The zero-order valence-electron chi connectivity index (χ0n) is 24.3. The summed E-state index contributed by atoms with van der Waals surface area (Å²) in [5.41, 5.74) is -0.201. The zero-order chi connectivity index (χ0) is 27.9. The predicted octanol–water partition coefficient (Wildman–Crippen LogP) is 5.73. The molecule has 1 aliphatic carbocycles. The minimum absolute atomic E-state index is 0.0139. The minimum Gasteiger partial charge on any atom is -0.385 e. The molecule has 3 rings (SSSR count). The summed E-state index contributed by atoms with van der Waals surface area (Å²) in [5, 5.41) is 19.6. The van der Waals surface area contributed by atoms with Crippen LogP contribution in [0.5, 0.6) is 0 Å². The highest BCUT2D eigenvalue weighted by molar-refractivity contribution is 6.30. The van der Waals surface area contributed by atoms with Gasteiger partial charge in [-0.15, -0.1) is 0 Å². The maximum atomic E-state index is 13.6. The van der Waals surface area contributed by atoms with Crippen molar-refractivity contribution in [1.82, 2.24) is 15.5 Å². The Balaban J connectivity index is 1.66. The summed E-state index contributed by atoms with van der Waals surface area (Å²) < 4.78 is 10.7. The third kappa shape index (κ3) is 10.5. The summed E-state index contributed by atoms with van der Waals surface area (Å²) >= 11 is 6.34. The van der Waals surface area contributed by atoms with Gasteiger partial charge in [0.15, 0.2) is 0 Å². The molecule has 1 aliphatic heterocycles. The Hall–Kier alpha value is -1.38. The molecule has 2 aliphatic rings. The van der Waals surface area contributed by atoms with Gasteiger partial charge in [-0.25, -0.2) is 4.79 Å². The molecule has 3 atom stereocenters. The van der Waals surface area contributed by atoms with Crippen molar-refractivity contribution in [2.24, 2.45) is 11.8 Å². The summed E-state index contributed by atoms with van der Waals surface area (Å²) in [6, 6.07) is 7.66. The van der Waals surface area contributed by atoms with E-state index in [1.807, 2.05) is 36.1 Å². The predicted molar refractivity (Wildman–Crippen MR) is 158 cm³/mol. The van der Waals surface area contributed by atoms with E-state index in [1.54, 1.807) is 7.11 Å². The van der Waals surface area contributed by atoms with Gasteiger partial charge in [0.2, 0.25) is 0 Å². The molecule has 1 aromatic carbocycles. The number of hydrogen-bond donors (Lipinski definition) is 3. The molecule has 0 unspecified atom stereocenters. The zero-order valence-corrected chi connectivity index (χ0v) is 25.0. The SMILES string of the molecule is CCOCCNC[C@H](CC1CCCCC1)NC(=O)N1CCC[C@@H]([C@@](O)(CCCCOC)c2cccc(Cl)c2)C1. The Morgan fingerprint density at radius 1 is 1.18 bits per heavy atom. The summed E-state index contributed by atoms with van der Waals surface area (Å²) in [6.45, 7) is 6.86. The number of piperidine rings is 1. The highest BCUT2D eigenvalue weighted by Crippen LogP contribution is 2.40. The van der Waals surface area contributed by atoms with Crippen LogP contribution in [0.1, 0.15) is 83.1 Å². The Kier molecular flexibility index (Phi) is 14.4. The Morgan fingerprint density at radius 2 is 2.00 bits per heavy atom. The summed E-state index contributed by atoms with van der Waals surface area (Å²) in [4.78, 5) is 15.5. The number of carbonyl (C=O) groups is 1. The number of aliphatic hydroxyl groups is 1. The van der Waals surface area contributed by atoms with Gasteiger partial charge in [0, 0.05) is 63.5 Å². The van der Waals surface area contributed by atoms with E-state index in [1.165, 1.54) is 32.1 Å². The van der Waals surface area contributed by atoms with Gasteiger partial charge in [-0.05, 0) is 69.1 Å². The van der Waals surface area contributed by atoms with Gasteiger partial charge in [-0.2, -0.15) is 0 Å². The first-order chi connectivity index (χ1) is 19.0. The number of nitrogens with zero attached hydrogens (tertiary/aromatic N) is 1. The van der Waals surface area contributed by atoms with Crippen LogP contribution in [0.2, 0.25) is 5.02 Å². The fraction of sp³-hybridized carbons (Fsp3) is 0.774. The Bertz CT molecular complexity index is 838. The van der Waals surface area contributed by atoms with E-state index in [2.05, 4.69) is 10.6 Å². The lowest BCUT2D eigenvalue weighted by molar-refractivity contribution is -0.0564. The molecule has 3 N–H and O–H groups in total. The summed E-state index contributed by atoms with van der Waals surface area (Å²) in [5.74, 6) is 0.617. The quantitative estimate of drug-likeness (QED) is 0.223. The molecule has 1 saturated carbocycles. The van der Waals surface area contributed by atoms with Crippen molar-refractivity contribution in [1.29, 1.82) is 0 Å². The van der Waals surface area contributed by atoms with Crippen LogP contribution in [0.3, 0.4) is 0 Å². The third-order valence-electron chi connectivity index (χ3n) is 8.55. The van der Waals surface area contributed by atoms with Crippen molar-refractivity contribution in [2.45, 2.75) is 89.2 Å². The highest BCUT2D eigenvalue weighted by Gasteiger charge is 2.41. The molecule has 0 bridgehead atoms. The Labute approximate surface area is 241 Å². The average molecular weight is 566 g/mol. The second-order valence-electron chi connectivity index (χ2n) is 11.5. The van der Waals surface area contributed by atoms with Crippen molar-refractivity contribution in [3.8, 4) is 0 Å². The number of amides is 2. The number of hydrogen-bond acceptors (Lipinski definition) is 5. The van der Waals surface area contributed by atoms with Gasteiger partial charge < -0.3 is 30.1 Å². The van der Waals surface area contributed by atoms with E-state index in [0.717, 1.165) is 50.8 Å².